The van der Waals surface area contributed by atoms with E-state index < -0.39 is 9.84 Å². The Labute approximate surface area is 137 Å². The molecule has 0 saturated carbocycles. The predicted molar refractivity (Wildman–Crippen MR) is 87.0 cm³/mol. The van der Waals surface area contributed by atoms with Gasteiger partial charge in [-0.15, -0.1) is 0 Å². The molecule has 0 unspecified atom stereocenters. The third kappa shape index (κ3) is 6.15. The van der Waals surface area contributed by atoms with Crippen molar-refractivity contribution in [2.75, 3.05) is 38.2 Å². The molecule has 1 aromatic rings. The standard InChI is InChI=1S/C15H23N3O4S/c1-18(13-5-9-23(20,21)12-13)11-15(19)17-7-3-8-22-14-4-2-6-16-10-14/h2,4,6,10,13H,3,5,7-9,11-12H2,1H3,(H,17,19)/t13-/m1/s1. The van der Waals surface area contributed by atoms with Crippen molar-refractivity contribution >= 4 is 15.7 Å². The van der Waals surface area contributed by atoms with Crippen molar-refractivity contribution in [1.82, 2.24) is 15.2 Å². The second-order valence-corrected chi connectivity index (χ2v) is 7.94. The maximum absolute atomic E-state index is 11.9. The van der Waals surface area contributed by atoms with Gasteiger partial charge in [0.1, 0.15) is 5.75 Å². The van der Waals surface area contributed by atoms with Gasteiger partial charge in [-0.05, 0) is 32.0 Å². The Kier molecular flexibility index (Phi) is 6.35. The molecule has 1 saturated heterocycles. The van der Waals surface area contributed by atoms with Crippen molar-refractivity contribution in [3.05, 3.63) is 24.5 Å². The molecule has 1 fully saturated rings. The predicted octanol–water partition coefficient (Wildman–Crippen LogP) is 0.0856. The highest BCUT2D eigenvalue weighted by Crippen LogP contribution is 2.15. The molecule has 1 aromatic heterocycles. The van der Waals surface area contributed by atoms with Gasteiger partial charge in [-0.3, -0.25) is 14.7 Å². The van der Waals surface area contributed by atoms with Crippen LogP contribution in [0.3, 0.4) is 0 Å². The number of ether oxygens (including phenoxy) is 1. The summed E-state index contributed by atoms with van der Waals surface area (Å²) in [6.45, 7) is 1.24. The lowest BCUT2D eigenvalue weighted by atomic mass is 10.2. The minimum Gasteiger partial charge on any atom is -0.492 e. The molecule has 1 atom stereocenters. The van der Waals surface area contributed by atoms with E-state index in [1.807, 2.05) is 11.0 Å². The van der Waals surface area contributed by atoms with Crippen molar-refractivity contribution < 1.29 is 17.9 Å². The third-order valence-electron chi connectivity index (χ3n) is 3.77. The van der Waals surface area contributed by atoms with Crippen LogP contribution in [0.4, 0.5) is 0 Å². The average Bonchev–Trinajstić information content (AvgIpc) is 2.88. The highest BCUT2D eigenvalue weighted by atomic mass is 32.2. The van der Waals surface area contributed by atoms with Gasteiger partial charge in [0.25, 0.3) is 0 Å². The zero-order valence-corrected chi connectivity index (χ0v) is 14.1. The summed E-state index contributed by atoms with van der Waals surface area (Å²) < 4.78 is 28.4. The summed E-state index contributed by atoms with van der Waals surface area (Å²) in [5.41, 5.74) is 0. The van der Waals surface area contributed by atoms with Crippen LogP contribution in [-0.4, -0.2) is 68.5 Å². The molecular weight excluding hydrogens is 318 g/mol. The van der Waals surface area contributed by atoms with Crippen LogP contribution in [0.2, 0.25) is 0 Å². The lowest BCUT2D eigenvalue weighted by Crippen LogP contribution is -2.41. The number of carbonyl (C=O) groups excluding carboxylic acids is 1. The lowest BCUT2D eigenvalue weighted by molar-refractivity contribution is -0.122. The van der Waals surface area contributed by atoms with E-state index in [1.165, 1.54) is 0 Å². The first kappa shape index (κ1) is 17.7. The first-order chi connectivity index (χ1) is 11.0. The fourth-order valence-corrected chi connectivity index (χ4v) is 4.26. The van der Waals surface area contributed by atoms with Gasteiger partial charge in [0, 0.05) is 18.8 Å². The molecule has 0 aromatic carbocycles. The van der Waals surface area contributed by atoms with E-state index >= 15 is 0 Å². The van der Waals surface area contributed by atoms with Crippen LogP contribution in [0.25, 0.3) is 0 Å². The number of nitrogens with zero attached hydrogens (tertiary/aromatic N) is 2. The van der Waals surface area contributed by atoms with Crippen LogP contribution >= 0.6 is 0 Å². The van der Waals surface area contributed by atoms with Crippen LogP contribution in [0.5, 0.6) is 5.75 Å². The quantitative estimate of drug-likeness (QED) is 0.674. The molecule has 7 nitrogen and oxygen atoms in total. The Balaban J connectivity index is 1.58. The van der Waals surface area contributed by atoms with Gasteiger partial charge >= 0.3 is 0 Å². The van der Waals surface area contributed by atoms with Crippen molar-refractivity contribution in [3.63, 3.8) is 0 Å². The van der Waals surface area contributed by atoms with Gasteiger partial charge in [0.15, 0.2) is 9.84 Å². The maximum atomic E-state index is 11.9. The van der Waals surface area contributed by atoms with E-state index in [-0.39, 0.29) is 30.0 Å². The number of carbonyl (C=O) groups is 1. The second-order valence-electron chi connectivity index (χ2n) is 5.71. The summed E-state index contributed by atoms with van der Waals surface area (Å²) in [4.78, 5) is 17.6. The van der Waals surface area contributed by atoms with Gasteiger partial charge in [-0.1, -0.05) is 0 Å². The highest BCUT2D eigenvalue weighted by Gasteiger charge is 2.31. The molecule has 1 N–H and O–H groups in total. The highest BCUT2D eigenvalue weighted by molar-refractivity contribution is 7.91. The third-order valence-corrected chi connectivity index (χ3v) is 5.52. The number of pyridine rings is 1. The molecule has 1 amide bonds. The SMILES string of the molecule is CN(CC(=O)NCCCOc1cccnc1)[C@@H]1CCS(=O)(=O)C1. The van der Waals surface area contributed by atoms with E-state index in [0.717, 1.165) is 0 Å². The minimum atomic E-state index is -2.92. The molecular formula is C15H23N3O4S. The van der Waals surface area contributed by atoms with Gasteiger partial charge in [-0.25, -0.2) is 8.42 Å². The van der Waals surface area contributed by atoms with E-state index in [0.29, 0.717) is 31.7 Å². The molecule has 2 rings (SSSR count). The summed E-state index contributed by atoms with van der Waals surface area (Å²) in [5, 5.41) is 2.82. The van der Waals surface area contributed by atoms with Crippen LogP contribution in [0, 0.1) is 0 Å². The molecule has 128 valence electrons. The summed E-state index contributed by atoms with van der Waals surface area (Å²) in [6, 6.07) is 3.58. The number of amides is 1. The van der Waals surface area contributed by atoms with Crippen molar-refractivity contribution in [2.45, 2.75) is 18.9 Å². The first-order valence-electron chi connectivity index (χ1n) is 7.66. The van der Waals surface area contributed by atoms with Gasteiger partial charge in [0.05, 0.1) is 30.9 Å². The Hall–Kier alpha value is -1.67. The number of hydrogen-bond donors (Lipinski definition) is 1. The van der Waals surface area contributed by atoms with E-state index in [2.05, 4.69) is 10.3 Å². The Morgan fingerprint density at radius 1 is 1.52 bits per heavy atom. The molecule has 0 spiro atoms. The summed E-state index contributed by atoms with van der Waals surface area (Å²) in [7, 11) is -1.13. The van der Waals surface area contributed by atoms with Crippen molar-refractivity contribution in [3.8, 4) is 5.75 Å². The van der Waals surface area contributed by atoms with Crippen molar-refractivity contribution in [1.29, 1.82) is 0 Å². The Bertz CT molecular complexity index is 606. The number of rotatable bonds is 8. The zero-order chi connectivity index (χ0) is 16.7. The van der Waals surface area contributed by atoms with Crippen LogP contribution in [-0.2, 0) is 14.6 Å². The summed E-state index contributed by atoms with van der Waals surface area (Å²) in [6.07, 6.45) is 4.62. The zero-order valence-electron chi connectivity index (χ0n) is 13.3. The number of hydrogen-bond acceptors (Lipinski definition) is 6. The van der Waals surface area contributed by atoms with Gasteiger partial charge in [0.2, 0.25) is 5.91 Å². The Morgan fingerprint density at radius 3 is 3.00 bits per heavy atom. The first-order valence-corrected chi connectivity index (χ1v) is 9.48. The average molecular weight is 341 g/mol. The fourth-order valence-electron chi connectivity index (χ4n) is 2.46. The number of sulfone groups is 1. The minimum absolute atomic E-state index is 0.0559. The van der Waals surface area contributed by atoms with Crippen LogP contribution < -0.4 is 10.1 Å². The second kappa shape index (κ2) is 8.26. The normalized spacial score (nSPS) is 19.7. The molecule has 23 heavy (non-hydrogen) atoms. The van der Waals surface area contributed by atoms with Gasteiger partial charge in [-0.2, -0.15) is 0 Å². The Morgan fingerprint density at radius 2 is 2.35 bits per heavy atom. The number of aromatic nitrogens is 1. The van der Waals surface area contributed by atoms with E-state index in [4.69, 9.17) is 4.74 Å². The smallest absolute Gasteiger partial charge is 0.234 e. The molecule has 2 heterocycles. The lowest BCUT2D eigenvalue weighted by Gasteiger charge is -2.22. The molecule has 1 aliphatic heterocycles. The number of likely N-dealkylation sites (N-methyl/N-ethyl adjacent to an activating group) is 1. The molecule has 0 radical (unpaired) electrons. The van der Waals surface area contributed by atoms with Crippen LogP contribution in [0.15, 0.2) is 24.5 Å². The summed E-state index contributed by atoms with van der Waals surface area (Å²) >= 11 is 0. The number of nitrogens with one attached hydrogen (secondary N) is 1. The largest absolute Gasteiger partial charge is 0.492 e. The molecule has 0 bridgehead atoms. The van der Waals surface area contributed by atoms with E-state index in [9.17, 15) is 13.2 Å². The molecule has 0 aliphatic carbocycles. The monoisotopic (exact) mass is 341 g/mol. The van der Waals surface area contributed by atoms with Gasteiger partial charge < -0.3 is 10.1 Å². The summed E-state index contributed by atoms with van der Waals surface area (Å²) in [5.74, 6) is 0.976. The fraction of sp³-hybridized carbons (Fsp3) is 0.600. The molecule has 8 heteroatoms. The molecule has 1 aliphatic rings. The van der Waals surface area contributed by atoms with Crippen LogP contribution in [0.1, 0.15) is 12.8 Å². The van der Waals surface area contributed by atoms with E-state index in [1.54, 1.807) is 25.5 Å². The topological polar surface area (TPSA) is 88.6 Å². The van der Waals surface area contributed by atoms with Crippen molar-refractivity contribution in [2.24, 2.45) is 0 Å². The maximum Gasteiger partial charge on any atom is 0.234 e.